The van der Waals surface area contributed by atoms with E-state index in [1.807, 2.05) is 12.1 Å². The molecule has 3 nitrogen and oxygen atoms in total. The van der Waals surface area contributed by atoms with Gasteiger partial charge in [-0.25, -0.2) is 0 Å². The molecule has 0 aliphatic carbocycles. The van der Waals surface area contributed by atoms with Crippen LogP contribution in [0.4, 0.5) is 5.69 Å². The summed E-state index contributed by atoms with van der Waals surface area (Å²) >= 11 is 11.9. The lowest BCUT2D eigenvalue weighted by Gasteiger charge is -2.40. The van der Waals surface area contributed by atoms with Crippen molar-refractivity contribution in [3.05, 3.63) is 23.2 Å². The second kappa shape index (κ2) is 6.69. The molecule has 5 heteroatoms. The van der Waals surface area contributed by atoms with E-state index < -0.39 is 0 Å². The largest absolute Gasteiger partial charge is 0.495 e. The number of piperazine rings is 1. The predicted molar refractivity (Wildman–Crippen MR) is 82.0 cm³/mol. The van der Waals surface area contributed by atoms with Gasteiger partial charge in [0.15, 0.2) is 0 Å². The van der Waals surface area contributed by atoms with Gasteiger partial charge in [0.1, 0.15) is 5.75 Å². The van der Waals surface area contributed by atoms with E-state index in [0.717, 1.165) is 31.9 Å². The van der Waals surface area contributed by atoms with Crippen LogP contribution in [0.15, 0.2) is 18.2 Å². The first kappa shape index (κ1) is 14.8. The number of benzene rings is 1. The third kappa shape index (κ3) is 3.47. The van der Waals surface area contributed by atoms with E-state index in [4.69, 9.17) is 27.9 Å². The topological polar surface area (TPSA) is 15.7 Å². The number of hydrogen-bond donors (Lipinski definition) is 0. The van der Waals surface area contributed by atoms with Crippen LogP contribution in [0.1, 0.15) is 6.92 Å². The molecule has 1 heterocycles. The minimum absolute atomic E-state index is 0.508. The molecule has 19 heavy (non-hydrogen) atoms. The monoisotopic (exact) mass is 302 g/mol. The molecule has 0 radical (unpaired) electrons. The molecular weight excluding hydrogens is 283 g/mol. The molecule has 1 aromatic carbocycles. The number of halogens is 2. The number of ether oxygens (including phenoxy) is 1. The lowest BCUT2D eigenvalue weighted by Crippen LogP contribution is -2.52. The highest BCUT2D eigenvalue weighted by atomic mass is 35.5. The number of alkyl halides is 1. The first-order chi connectivity index (χ1) is 9.15. The van der Waals surface area contributed by atoms with Crippen LogP contribution < -0.4 is 9.64 Å². The van der Waals surface area contributed by atoms with E-state index in [0.29, 0.717) is 16.9 Å². The number of nitrogens with zero attached hydrogens (tertiary/aromatic N) is 2. The van der Waals surface area contributed by atoms with Gasteiger partial charge in [-0.1, -0.05) is 11.6 Å². The highest BCUT2D eigenvalue weighted by molar-refractivity contribution is 6.32. The molecular formula is C14H20Cl2N2O. The van der Waals surface area contributed by atoms with Gasteiger partial charge in [0, 0.05) is 49.9 Å². The minimum atomic E-state index is 0.508. The molecule has 0 bridgehead atoms. The average Bonchev–Trinajstić information content (AvgIpc) is 2.42. The van der Waals surface area contributed by atoms with Gasteiger partial charge in [0.2, 0.25) is 0 Å². The summed E-state index contributed by atoms with van der Waals surface area (Å²) in [5.74, 6) is 1.43. The van der Waals surface area contributed by atoms with Gasteiger partial charge in [-0.05, 0) is 19.1 Å². The molecule has 106 valence electrons. The Morgan fingerprint density at radius 3 is 2.79 bits per heavy atom. The maximum absolute atomic E-state index is 6.06. The summed E-state index contributed by atoms with van der Waals surface area (Å²) in [6.07, 6.45) is 0. The Morgan fingerprint density at radius 2 is 2.16 bits per heavy atom. The van der Waals surface area contributed by atoms with Crippen LogP contribution in [0.25, 0.3) is 0 Å². The Morgan fingerprint density at radius 1 is 1.37 bits per heavy atom. The van der Waals surface area contributed by atoms with Crippen LogP contribution in [-0.4, -0.2) is 50.1 Å². The van der Waals surface area contributed by atoms with Crippen molar-refractivity contribution in [3.63, 3.8) is 0 Å². The summed E-state index contributed by atoms with van der Waals surface area (Å²) in [7, 11) is 1.64. The van der Waals surface area contributed by atoms with Crippen molar-refractivity contribution < 1.29 is 4.74 Å². The van der Waals surface area contributed by atoms with Gasteiger partial charge in [-0.2, -0.15) is 0 Å². The number of methoxy groups -OCH3 is 1. The first-order valence-electron chi connectivity index (χ1n) is 6.54. The lowest BCUT2D eigenvalue weighted by atomic mass is 10.1. The van der Waals surface area contributed by atoms with E-state index in [-0.39, 0.29) is 0 Å². The average molecular weight is 303 g/mol. The van der Waals surface area contributed by atoms with Crippen LogP contribution >= 0.6 is 23.2 Å². The summed E-state index contributed by atoms with van der Waals surface area (Å²) in [6, 6.07) is 6.46. The third-order valence-electron chi connectivity index (χ3n) is 3.64. The fourth-order valence-electron chi connectivity index (χ4n) is 2.52. The van der Waals surface area contributed by atoms with Gasteiger partial charge in [0.25, 0.3) is 0 Å². The van der Waals surface area contributed by atoms with Crippen molar-refractivity contribution in [2.45, 2.75) is 13.0 Å². The van der Waals surface area contributed by atoms with Crippen LogP contribution in [0.5, 0.6) is 5.75 Å². The molecule has 1 aliphatic heterocycles. The first-order valence-corrected chi connectivity index (χ1v) is 7.45. The van der Waals surface area contributed by atoms with Crippen molar-refractivity contribution in [2.75, 3.05) is 44.1 Å². The van der Waals surface area contributed by atoms with Crippen molar-refractivity contribution >= 4 is 28.9 Å². The fourth-order valence-corrected chi connectivity index (χ4v) is 2.93. The van der Waals surface area contributed by atoms with E-state index in [1.165, 1.54) is 5.69 Å². The summed E-state index contributed by atoms with van der Waals surface area (Å²) in [6.45, 7) is 6.25. The van der Waals surface area contributed by atoms with Crippen LogP contribution in [0.2, 0.25) is 5.02 Å². The zero-order valence-corrected chi connectivity index (χ0v) is 12.9. The van der Waals surface area contributed by atoms with Gasteiger partial charge >= 0.3 is 0 Å². The van der Waals surface area contributed by atoms with Crippen molar-refractivity contribution in [3.8, 4) is 5.75 Å². The summed E-state index contributed by atoms with van der Waals surface area (Å²) in [5.41, 5.74) is 1.17. The van der Waals surface area contributed by atoms with Gasteiger partial charge in [-0.3, -0.25) is 4.90 Å². The Hall–Kier alpha value is -0.640. The van der Waals surface area contributed by atoms with E-state index in [9.17, 15) is 0 Å². The van der Waals surface area contributed by atoms with E-state index >= 15 is 0 Å². The Labute approximate surface area is 125 Å². The summed E-state index contributed by atoms with van der Waals surface area (Å²) in [4.78, 5) is 4.80. The van der Waals surface area contributed by atoms with E-state index in [2.05, 4.69) is 22.8 Å². The van der Waals surface area contributed by atoms with Crippen LogP contribution in [-0.2, 0) is 0 Å². The normalized spacial score (nSPS) is 20.6. The predicted octanol–water partition coefficient (Wildman–Crippen LogP) is 3.10. The van der Waals surface area contributed by atoms with Crippen molar-refractivity contribution in [1.82, 2.24) is 4.90 Å². The minimum Gasteiger partial charge on any atom is -0.495 e. The lowest BCUT2D eigenvalue weighted by molar-refractivity contribution is 0.201. The third-order valence-corrected chi connectivity index (χ3v) is 4.12. The number of anilines is 1. The number of rotatable bonds is 4. The second-order valence-electron chi connectivity index (χ2n) is 4.84. The molecule has 0 amide bonds. The SMILES string of the molecule is COc1cc(N2CCN(CCCl)[C@@H](C)C2)ccc1Cl. The van der Waals surface area contributed by atoms with Crippen molar-refractivity contribution in [1.29, 1.82) is 0 Å². The van der Waals surface area contributed by atoms with E-state index in [1.54, 1.807) is 7.11 Å². The van der Waals surface area contributed by atoms with Gasteiger partial charge < -0.3 is 9.64 Å². The standard InChI is InChI=1S/C14H20Cl2N2O/c1-11-10-18(8-7-17(11)6-5-15)12-3-4-13(16)14(9-12)19-2/h3-4,9,11H,5-8,10H2,1-2H3/t11-/m0/s1. The van der Waals surface area contributed by atoms with Crippen LogP contribution in [0, 0.1) is 0 Å². The second-order valence-corrected chi connectivity index (χ2v) is 5.62. The molecule has 0 saturated carbocycles. The zero-order chi connectivity index (χ0) is 13.8. The summed E-state index contributed by atoms with van der Waals surface area (Å²) < 4.78 is 5.28. The highest BCUT2D eigenvalue weighted by Gasteiger charge is 2.23. The van der Waals surface area contributed by atoms with Crippen molar-refractivity contribution in [2.24, 2.45) is 0 Å². The number of hydrogen-bond acceptors (Lipinski definition) is 3. The fraction of sp³-hybridized carbons (Fsp3) is 0.571. The highest BCUT2D eigenvalue weighted by Crippen LogP contribution is 2.30. The molecule has 1 atom stereocenters. The van der Waals surface area contributed by atoms with Gasteiger partial charge in [-0.15, -0.1) is 11.6 Å². The smallest absolute Gasteiger partial charge is 0.139 e. The molecule has 1 aromatic rings. The Kier molecular flexibility index (Phi) is 5.20. The maximum Gasteiger partial charge on any atom is 0.139 e. The Balaban J connectivity index is 2.07. The maximum atomic E-state index is 6.06. The van der Waals surface area contributed by atoms with Gasteiger partial charge in [0.05, 0.1) is 12.1 Å². The molecule has 0 aromatic heterocycles. The van der Waals surface area contributed by atoms with Crippen LogP contribution in [0.3, 0.4) is 0 Å². The molecule has 0 N–H and O–H groups in total. The zero-order valence-electron chi connectivity index (χ0n) is 11.4. The molecule has 2 rings (SSSR count). The molecule has 1 fully saturated rings. The molecule has 1 saturated heterocycles. The Bertz CT molecular complexity index is 428. The molecule has 1 aliphatic rings. The summed E-state index contributed by atoms with van der Waals surface area (Å²) in [5, 5.41) is 0.653. The quantitative estimate of drug-likeness (QED) is 0.795. The molecule has 0 unspecified atom stereocenters. The molecule has 0 spiro atoms.